The Hall–Kier alpha value is -0.380. The molecule has 3 heteroatoms. The Labute approximate surface area is 87.8 Å². The molecule has 0 saturated carbocycles. The minimum atomic E-state index is -0.209. The van der Waals surface area contributed by atoms with E-state index in [9.17, 15) is 0 Å². The van der Waals surface area contributed by atoms with Crippen LogP contribution in [0.5, 0.6) is 0 Å². The summed E-state index contributed by atoms with van der Waals surface area (Å²) in [5.74, 6) is 0. The summed E-state index contributed by atoms with van der Waals surface area (Å²) in [5, 5.41) is 12.4. The van der Waals surface area contributed by atoms with Gasteiger partial charge in [-0.25, -0.2) is 0 Å². The van der Waals surface area contributed by atoms with Gasteiger partial charge in [0.15, 0.2) is 0 Å². The van der Waals surface area contributed by atoms with Crippen LogP contribution in [0, 0.1) is 0 Å². The number of aliphatic hydroxyl groups excluding tert-OH is 1. The first-order valence-electron chi connectivity index (χ1n) is 5.30. The van der Waals surface area contributed by atoms with Gasteiger partial charge in [0.1, 0.15) is 0 Å². The van der Waals surface area contributed by atoms with Crippen LogP contribution in [0.25, 0.3) is 0 Å². The second-order valence-electron chi connectivity index (χ2n) is 3.91. The van der Waals surface area contributed by atoms with E-state index in [0.717, 1.165) is 32.6 Å². The molecule has 14 heavy (non-hydrogen) atoms. The molecule has 0 aromatic heterocycles. The van der Waals surface area contributed by atoms with Crippen molar-refractivity contribution < 1.29 is 5.11 Å². The molecule has 0 aliphatic rings. The van der Waals surface area contributed by atoms with Gasteiger partial charge in [0.25, 0.3) is 0 Å². The van der Waals surface area contributed by atoms with Crippen molar-refractivity contribution in [2.75, 3.05) is 33.2 Å². The lowest BCUT2D eigenvalue weighted by Gasteiger charge is -2.18. The van der Waals surface area contributed by atoms with E-state index in [1.165, 1.54) is 5.57 Å². The lowest BCUT2D eigenvalue weighted by Crippen LogP contribution is -2.28. The third-order valence-corrected chi connectivity index (χ3v) is 2.05. The number of hydrogen-bond acceptors (Lipinski definition) is 3. The molecule has 0 rings (SSSR count). The molecule has 0 amide bonds. The molecule has 0 aliphatic heterocycles. The van der Waals surface area contributed by atoms with Crippen LogP contribution in [-0.4, -0.2) is 49.3 Å². The second kappa shape index (κ2) is 7.97. The van der Waals surface area contributed by atoms with Crippen LogP contribution in [0.1, 0.15) is 20.3 Å². The van der Waals surface area contributed by atoms with Crippen molar-refractivity contribution in [2.45, 2.75) is 26.4 Å². The summed E-state index contributed by atoms with van der Waals surface area (Å²) >= 11 is 0. The Morgan fingerprint density at radius 3 is 2.71 bits per heavy atom. The van der Waals surface area contributed by atoms with Crippen molar-refractivity contribution in [3.63, 3.8) is 0 Å². The molecule has 0 bridgehead atoms. The Bertz CT molecular complexity index is 157. The molecule has 1 atom stereocenters. The van der Waals surface area contributed by atoms with E-state index in [-0.39, 0.29) is 6.10 Å². The van der Waals surface area contributed by atoms with Crippen LogP contribution in [0.3, 0.4) is 0 Å². The summed E-state index contributed by atoms with van der Waals surface area (Å²) in [5.41, 5.74) is 1.19. The Morgan fingerprint density at radius 1 is 1.57 bits per heavy atom. The SMILES string of the molecule is C=C(CNCC)CN(C)CCC(C)O. The van der Waals surface area contributed by atoms with E-state index < -0.39 is 0 Å². The number of hydrogen-bond donors (Lipinski definition) is 2. The third kappa shape index (κ3) is 8.23. The highest BCUT2D eigenvalue weighted by Gasteiger charge is 2.02. The van der Waals surface area contributed by atoms with Crippen molar-refractivity contribution in [1.29, 1.82) is 0 Å². The van der Waals surface area contributed by atoms with Crippen LogP contribution in [0.2, 0.25) is 0 Å². The first kappa shape index (κ1) is 13.6. The smallest absolute Gasteiger partial charge is 0.0524 e. The standard InChI is InChI=1S/C11H24N2O/c1-5-12-8-10(2)9-13(4)7-6-11(3)14/h11-12,14H,2,5-9H2,1,3-4H3. The number of rotatable bonds is 8. The second-order valence-corrected chi connectivity index (χ2v) is 3.91. The first-order chi connectivity index (χ1) is 6.56. The average molecular weight is 200 g/mol. The fraction of sp³-hybridized carbons (Fsp3) is 0.818. The highest BCUT2D eigenvalue weighted by Crippen LogP contribution is 1.97. The number of likely N-dealkylation sites (N-methyl/N-ethyl adjacent to an activating group) is 2. The molecule has 0 saturated heterocycles. The van der Waals surface area contributed by atoms with Gasteiger partial charge in [0.2, 0.25) is 0 Å². The summed E-state index contributed by atoms with van der Waals surface area (Å²) in [6.45, 7) is 11.6. The van der Waals surface area contributed by atoms with E-state index in [0.29, 0.717) is 0 Å². The molecule has 0 radical (unpaired) electrons. The van der Waals surface area contributed by atoms with Crippen molar-refractivity contribution >= 4 is 0 Å². The largest absolute Gasteiger partial charge is 0.393 e. The van der Waals surface area contributed by atoms with E-state index in [1.54, 1.807) is 0 Å². The van der Waals surface area contributed by atoms with Gasteiger partial charge < -0.3 is 15.3 Å². The fourth-order valence-electron chi connectivity index (χ4n) is 1.23. The number of nitrogens with one attached hydrogen (secondary N) is 1. The van der Waals surface area contributed by atoms with Gasteiger partial charge in [0, 0.05) is 19.6 Å². The van der Waals surface area contributed by atoms with Crippen molar-refractivity contribution in [2.24, 2.45) is 0 Å². The van der Waals surface area contributed by atoms with E-state index in [4.69, 9.17) is 5.11 Å². The zero-order valence-electron chi connectivity index (χ0n) is 9.71. The average Bonchev–Trinajstić information content (AvgIpc) is 2.11. The Balaban J connectivity index is 3.50. The van der Waals surface area contributed by atoms with E-state index in [1.807, 2.05) is 6.92 Å². The molecule has 1 unspecified atom stereocenters. The summed E-state index contributed by atoms with van der Waals surface area (Å²) in [4.78, 5) is 2.19. The zero-order chi connectivity index (χ0) is 11.0. The van der Waals surface area contributed by atoms with Crippen LogP contribution < -0.4 is 5.32 Å². The van der Waals surface area contributed by atoms with Crippen LogP contribution >= 0.6 is 0 Å². The van der Waals surface area contributed by atoms with Crippen LogP contribution in [-0.2, 0) is 0 Å². The van der Waals surface area contributed by atoms with Gasteiger partial charge in [-0.05, 0) is 32.5 Å². The summed E-state index contributed by atoms with van der Waals surface area (Å²) in [6, 6.07) is 0. The summed E-state index contributed by atoms with van der Waals surface area (Å²) in [6.07, 6.45) is 0.616. The Kier molecular flexibility index (Phi) is 7.76. The molecule has 3 nitrogen and oxygen atoms in total. The van der Waals surface area contributed by atoms with Gasteiger partial charge in [-0.2, -0.15) is 0 Å². The molecule has 0 fully saturated rings. The highest BCUT2D eigenvalue weighted by molar-refractivity contribution is 4.99. The van der Waals surface area contributed by atoms with Crippen LogP contribution in [0.4, 0.5) is 0 Å². The molecule has 84 valence electrons. The maximum atomic E-state index is 9.12. The normalized spacial score (nSPS) is 13.2. The third-order valence-electron chi connectivity index (χ3n) is 2.05. The molecule has 2 N–H and O–H groups in total. The molecule has 0 heterocycles. The highest BCUT2D eigenvalue weighted by atomic mass is 16.3. The van der Waals surface area contributed by atoms with Crippen molar-refractivity contribution in [3.8, 4) is 0 Å². The molecule has 0 aliphatic carbocycles. The number of aliphatic hydroxyl groups is 1. The molecule has 0 spiro atoms. The monoisotopic (exact) mass is 200 g/mol. The topological polar surface area (TPSA) is 35.5 Å². The lowest BCUT2D eigenvalue weighted by molar-refractivity contribution is 0.167. The molecular formula is C11H24N2O. The molecule has 0 aromatic rings. The minimum absolute atomic E-state index is 0.209. The van der Waals surface area contributed by atoms with Gasteiger partial charge in [-0.3, -0.25) is 0 Å². The maximum Gasteiger partial charge on any atom is 0.0524 e. The minimum Gasteiger partial charge on any atom is -0.393 e. The summed E-state index contributed by atoms with van der Waals surface area (Å²) in [7, 11) is 2.06. The lowest BCUT2D eigenvalue weighted by atomic mass is 10.2. The first-order valence-corrected chi connectivity index (χ1v) is 5.30. The Morgan fingerprint density at radius 2 is 2.21 bits per heavy atom. The zero-order valence-corrected chi connectivity index (χ0v) is 9.71. The van der Waals surface area contributed by atoms with Gasteiger partial charge >= 0.3 is 0 Å². The van der Waals surface area contributed by atoms with Crippen molar-refractivity contribution in [3.05, 3.63) is 12.2 Å². The van der Waals surface area contributed by atoms with Gasteiger partial charge in [-0.1, -0.05) is 13.5 Å². The summed E-state index contributed by atoms with van der Waals surface area (Å²) < 4.78 is 0. The fourth-order valence-corrected chi connectivity index (χ4v) is 1.23. The predicted octanol–water partition coefficient (Wildman–Crippen LogP) is 0.855. The molecular weight excluding hydrogens is 176 g/mol. The predicted molar refractivity (Wildman–Crippen MR) is 61.5 cm³/mol. The van der Waals surface area contributed by atoms with Gasteiger partial charge in [-0.15, -0.1) is 0 Å². The van der Waals surface area contributed by atoms with Gasteiger partial charge in [0.05, 0.1) is 6.10 Å². The van der Waals surface area contributed by atoms with E-state index in [2.05, 4.69) is 30.8 Å². The maximum absolute atomic E-state index is 9.12. The number of nitrogens with zero attached hydrogens (tertiary/aromatic N) is 1. The van der Waals surface area contributed by atoms with E-state index >= 15 is 0 Å². The van der Waals surface area contributed by atoms with Crippen LogP contribution in [0.15, 0.2) is 12.2 Å². The quantitative estimate of drug-likeness (QED) is 0.570. The molecule has 0 aromatic carbocycles. The van der Waals surface area contributed by atoms with Crippen molar-refractivity contribution in [1.82, 2.24) is 10.2 Å².